The number of aromatic hydroxyl groups is 3. The molecule has 17 heavy (non-hydrogen) atoms. The van der Waals surface area contributed by atoms with Gasteiger partial charge >= 0.3 is 5.97 Å². The Morgan fingerprint density at radius 1 is 1.24 bits per heavy atom. The van der Waals surface area contributed by atoms with Crippen LogP contribution in [0.5, 0.6) is 17.2 Å². The molecule has 1 aromatic rings. The summed E-state index contributed by atoms with van der Waals surface area (Å²) in [5.41, 5.74) is -0.192. The first kappa shape index (κ1) is 13.1. The third-order valence-corrected chi connectivity index (χ3v) is 1.92. The van der Waals surface area contributed by atoms with Gasteiger partial charge in [-0.3, -0.25) is 0 Å². The number of ether oxygens (including phenoxy) is 1. The molecule has 0 aromatic heterocycles. The number of esters is 1. The molecule has 0 saturated carbocycles. The van der Waals surface area contributed by atoms with Gasteiger partial charge in [0.05, 0.1) is 12.2 Å². The average Bonchev–Trinajstić information content (AvgIpc) is 2.31. The second kappa shape index (κ2) is 5.37. The van der Waals surface area contributed by atoms with E-state index in [-0.39, 0.29) is 5.56 Å². The highest BCUT2D eigenvalue weighted by molar-refractivity contribution is 5.91. The number of benzene rings is 1. The molecule has 0 unspecified atom stereocenters. The number of phenolic OH excluding ortho intramolecular Hbond substituents is 3. The molecule has 0 saturated heterocycles. The quantitative estimate of drug-likeness (QED) is 0.350. The van der Waals surface area contributed by atoms with Gasteiger partial charge < -0.3 is 30.3 Å². The van der Waals surface area contributed by atoms with Gasteiger partial charge in [-0.15, -0.1) is 0 Å². The first-order valence-electron chi connectivity index (χ1n) is 4.66. The number of carbonyl (C=O) groups excluding carboxylic acids is 1. The predicted molar refractivity (Wildman–Crippen MR) is 54.8 cm³/mol. The number of hydrogen-bond acceptors (Lipinski definition) is 7. The topological polar surface area (TPSA) is 127 Å². The highest BCUT2D eigenvalue weighted by atomic mass is 16.5. The average molecular weight is 244 g/mol. The Balaban J connectivity index is 2.76. The lowest BCUT2D eigenvalue weighted by molar-refractivity contribution is 0.00928. The molecule has 1 rings (SSSR count). The summed E-state index contributed by atoms with van der Waals surface area (Å²) in [4.78, 5) is 11.4. The van der Waals surface area contributed by atoms with Gasteiger partial charge in [0.1, 0.15) is 12.7 Å². The number of rotatable bonds is 4. The van der Waals surface area contributed by atoms with Gasteiger partial charge in [0.2, 0.25) is 0 Å². The Kier molecular flexibility index (Phi) is 4.13. The highest BCUT2D eigenvalue weighted by Gasteiger charge is 2.15. The van der Waals surface area contributed by atoms with Crippen LogP contribution in [0.4, 0.5) is 0 Å². The Hall–Kier alpha value is -1.99. The van der Waals surface area contributed by atoms with Crippen molar-refractivity contribution in [2.24, 2.45) is 0 Å². The van der Waals surface area contributed by atoms with Gasteiger partial charge in [-0.1, -0.05) is 0 Å². The highest BCUT2D eigenvalue weighted by Crippen LogP contribution is 2.35. The van der Waals surface area contributed by atoms with Gasteiger partial charge in [-0.2, -0.15) is 0 Å². The maximum absolute atomic E-state index is 11.4. The second-order valence-corrected chi connectivity index (χ2v) is 3.30. The van der Waals surface area contributed by atoms with Crippen LogP contribution in [0, 0.1) is 0 Å². The van der Waals surface area contributed by atoms with E-state index < -0.39 is 42.5 Å². The van der Waals surface area contributed by atoms with E-state index in [4.69, 9.17) is 25.5 Å². The fourth-order valence-electron chi connectivity index (χ4n) is 1.03. The molecule has 94 valence electrons. The number of hydrogen-bond donors (Lipinski definition) is 5. The molecule has 0 heterocycles. The summed E-state index contributed by atoms with van der Waals surface area (Å²) in [5.74, 6) is -2.99. The monoisotopic (exact) mass is 244 g/mol. The predicted octanol–water partition coefficient (Wildman–Crippen LogP) is -0.687. The summed E-state index contributed by atoms with van der Waals surface area (Å²) < 4.78 is 4.58. The maximum atomic E-state index is 11.4. The number of carbonyl (C=O) groups is 1. The van der Waals surface area contributed by atoms with Gasteiger partial charge in [0.25, 0.3) is 0 Å². The van der Waals surface area contributed by atoms with E-state index in [9.17, 15) is 4.79 Å². The molecule has 7 nitrogen and oxygen atoms in total. The van der Waals surface area contributed by atoms with E-state index in [1.165, 1.54) is 0 Å². The molecule has 5 N–H and O–H groups in total. The van der Waals surface area contributed by atoms with E-state index >= 15 is 0 Å². The molecule has 0 amide bonds. The van der Waals surface area contributed by atoms with Crippen molar-refractivity contribution < 1.29 is 35.1 Å². The lowest BCUT2D eigenvalue weighted by atomic mass is 10.2. The third-order valence-electron chi connectivity index (χ3n) is 1.92. The lowest BCUT2D eigenvalue weighted by Gasteiger charge is -2.09. The first-order chi connectivity index (χ1) is 7.95. The second-order valence-electron chi connectivity index (χ2n) is 3.30. The molecule has 0 spiro atoms. The van der Waals surface area contributed by atoms with Crippen molar-refractivity contribution in [1.29, 1.82) is 0 Å². The minimum Gasteiger partial charge on any atom is -0.504 e. The van der Waals surface area contributed by atoms with Crippen molar-refractivity contribution in [2.75, 3.05) is 13.2 Å². The molecular formula is C10H12O7. The molecule has 1 aromatic carbocycles. The van der Waals surface area contributed by atoms with Crippen LogP contribution < -0.4 is 0 Å². The molecule has 1 atom stereocenters. The van der Waals surface area contributed by atoms with Gasteiger partial charge in [0.15, 0.2) is 17.2 Å². The summed E-state index contributed by atoms with van der Waals surface area (Å²) >= 11 is 0. The van der Waals surface area contributed by atoms with E-state index in [0.717, 1.165) is 12.1 Å². The van der Waals surface area contributed by atoms with E-state index in [2.05, 4.69) is 4.74 Å². The van der Waals surface area contributed by atoms with Crippen LogP contribution in [-0.2, 0) is 4.74 Å². The fraction of sp³-hybridized carbons (Fsp3) is 0.300. The maximum Gasteiger partial charge on any atom is 0.338 e. The van der Waals surface area contributed by atoms with Crippen molar-refractivity contribution in [3.8, 4) is 17.2 Å². The van der Waals surface area contributed by atoms with Gasteiger partial charge in [-0.05, 0) is 12.1 Å². The zero-order chi connectivity index (χ0) is 13.0. The van der Waals surface area contributed by atoms with Crippen molar-refractivity contribution in [1.82, 2.24) is 0 Å². The van der Waals surface area contributed by atoms with Crippen LogP contribution >= 0.6 is 0 Å². The van der Waals surface area contributed by atoms with Crippen LogP contribution in [0.25, 0.3) is 0 Å². The van der Waals surface area contributed by atoms with Crippen molar-refractivity contribution in [3.63, 3.8) is 0 Å². The minimum absolute atomic E-state index is 0.192. The largest absolute Gasteiger partial charge is 0.504 e. The van der Waals surface area contributed by atoms with Crippen LogP contribution in [0.3, 0.4) is 0 Å². The van der Waals surface area contributed by atoms with Crippen molar-refractivity contribution in [3.05, 3.63) is 17.7 Å². The molecular weight excluding hydrogens is 232 g/mol. The number of aliphatic hydroxyl groups excluding tert-OH is 2. The summed E-state index contributed by atoms with van der Waals surface area (Å²) in [6.45, 7) is -0.975. The number of phenols is 3. The fourth-order valence-corrected chi connectivity index (χ4v) is 1.03. The van der Waals surface area contributed by atoms with Crippen LogP contribution in [0.15, 0.2) is 12.1 Å². The van der Waals surface area contributed by atoms with Crippen molar-refractivity contribution in [2.45, 2.75) is 6.10 Å². The zero-order valence-corrected chi connectivity index (χ0v) is 8.70. The number of aliphatic hydroxyl groups is 2. The SMILES string of the molecule is O=C(OC[C@@H](O)CO)c1cc(O)c(O)c(O)c1. The van der Waals surface area contributed by atoms with Crippen LogP contribution in [-0.4, -0.2) is 50.8 Å². The normalized spacial score (nSPS) is 12.1. The van der Waals surface area contributed by atoms with Gasteiger partial charge in [0, 0.05) is 0 Å². The molecule has 0 aliphatic rings. The summed E-state index contributed by atoms with van der Waals surface area (Å²) in [6, 6.07) is 1.81. The summed E-state index contributed by atoms with van der Waals surface area (Å²) in [6.07, 6.45) is -1.20. The molecule has 0 aliphatic heterocycles. The Labute approximate surface area is 96.1 Å². The van der Waals surface area contributed by atoms with E-state index in [1.807, 2.05) is 0 Å². The lowest BCUT2D eigenvalue weighted by Crippen LogP contribution is -2.21. The van der Waals surface area contributed by atoms with E-state index in [1.54, 1.807) is 0 Å². The molecule has 7 heteroatoms. The summed E-state index contributed by atoms with van der Waals surface area (Å²) in [7, 11) is 0. The Morgan fingerprint density at radius 3 is 2.24 bits per heavy atom. The Morgan fingerprint density at radius 2 is 1.76 bits per heavy atom. The Bertz CT molecular complexity index is 392. The molecule has 0 radical (unpaired) electrons. The van der Waals surface area contributed by atoms with Crippen molar-refractivity contribution >= 4 is 5.97 Å². The third kappa shape index (κ3) is 3.23. The first-order valence-corrected chi connectivity index (χ1v) is 4.66. The summed E-state index contributed by atoms with van der Waals surface area (Å²) in [5, 5.41) is 44.8. The minimum atomic E-state index is -1.20. The zero-order valence-electron chi connectivity index (χ0n) is 8.70. The molecule has 0 bridgehead atoms. The van der Waals surface area contributed by atoms with Gasteiger partial charge in [-0.25, -0.2) is 4.79 Å². The smallest absolute Gasteiger partial charge is 0.338 e. The van der Waals surface area contributed by atoms with E-state index in [0.29, 0.717) is 0 Å². The molecule has 0 aliphatic carbocycles. The van der Waals surface area contributed by atoms with Crippen LogP contribution in [0.1, 0.15) is 10.4 Å². The van der Waals surface area contributed by atoms with Crippen LogP contribution in [0.2, 0.25) is 0 Å². The molecule has 0 fully saturated rings. The standard InChI is InChI=1S/C10H12O7/c11-3-6(12)4-17-10(16)5-1-7(13)9(15)8(14)2-5/h1-2,6,11-15H,3-4H2/t6-/m0/s1.